The van der Waals surface area contributed by atoms with E-state index in [9.17, 15) is 0 Å². The number of rotatable bonds is 1. The predicted molar refractivity (Wildman–Crippen MR) is 77.6 cm³/mol. The molecule has 1 aliphatic carbocycles. The van der Waals surface area contributed by atoms with Crippen LogP contribution in [0, 0.1) is 0 Å². The van der Waals surface area contributed by atoms with Gasteiger partial charge in [-0.25, -0.2) is 0 Å². The fraction of sp³-hybridized carbons (Fsp3) is 0.235. The SMILES string of the molecule is C=CC1=C(C)C(C)(C)c2cccc3ccnc1c23. The van der Waals surface area contributed by atoms with Crippen molar-refractivity contribution in [2.24, 2.45) is 0 Å². The van der Waals surface area contributed by atoms with Gasteiger partial charge in [-0.1, -0.05) is 50.3 Å². The van der Waals surface area contributed by atoms with Gasteiger partial charge in [0.25, 0.3) is 0 Å². The van der Waals surface area contributed by atoms with Crippen LogP contribution < -0.4 is 0 Å². The van der Waals surface area contributed by atoms with Crippen LogP contribution in [-0.4, -0.2) is 4.98 Å². The molecule has 0 spiro atoms. The fourth-order valence-corrected chi connectivity index (χ4v) is 2.92. The average Bonchev–Trinajstić information content (AvgIpc) is 2.37. The minimum atomic E-state index is 0.0407. The first kappa shape index (κ1) is 11.2. The lowest BCUT2D eigenvalue weighted by molar-refractivity contribution is 0.627. The third-order valence-electron chi connectivity index (χ3n) is 4.27. The Hall–Kier alpha value is -1.89. The van der Waals surface area contributed by atoms with Gasteiger partial charge in [0.2, 0.25) is 0 Å². The zero-order valence-electron chi connectivity index (χ0n) is 11.1. The highest BCUT2D eigenvalue weighted by molar-refractivity contribution is 6.00. The van der Waals surface area contributed by atoms with Crippen molar-refractivity contribution in [2.45, 2.75) is 26.2 Å². The monoisotopic (exact) mass is 235 g/mol. The maximum Gasteiger partial charge on any atom is 0.0782 e. The quantitative estimate of drug-likeness (QED) is 0.710. The molecule has 0 saturated carbocycles. The van der Waals surface area contributed by atoms with E-state index in [4.69, 9.17) is 0 Å². The van der Waals surface area contributed by atoms with E-state index >= 15 is 0 Å². The second kappa shape index (κ2) is 3.55. The number of hydrogen-bond donors (Lipinski definition) is 0. The first-order chi connectivity index (χ1) is 8.57. The molecule has 1 heteroatoms. The molecule has 18 heavy (non-hydrogen) atoms. The zero-order chi connectivity index (χ0) is 12.9. The molecule has 0 amide bonds. The van der Waals surface area contributed by atoms with Gasteiger partial charge in [-0.2, -0.15) is 0 Å². The Morgan fingerprint density at radius 1 is 1.22 bits per heavy atom. The van der Waals surface area contributed by atoms with E-state index < -0.39 is 0 Å². The Labute approximate surface area is 108 Å². The van der Waals surface area contributed by atoms with Crippen molar-refractivity contribution in [2.75, 3.05) is 0 Å². The highest BCUT2D eigenvalue weighted by Crippen LogP contribution is 2.45. The number of pyridine rings is 1. The Morgan fingerprint density at radius 3 is 2.72 bits per heavy atom. The van der Waals surface area contributed by atoms with Crippen LogP contribution in [0.4, 0.5) is 0 Å². The van der Waals surface area contributed by atoms with E-state index in [1.807, 2.05) is 12.3 Å². The van der Waals surface area contributed by atoms with Crippen molar-refractivity contribution >= 4 is 16.3 Å². The summed E-state index contributed by atoms with van der Waals surface area (Å²) in [4.78, 5) is 4.58. The van der Waals surface area contributed by atoms with Crippen LogP contribution in [0.25, 0.3) is 16.3 Å². The fourth-order valence-electron chi connectivity index (χ4n) is 2.92. The van der Waals surface area contributed by atoms with Gasteiger partial charge in [-0.3, -0.25) is 4.98 Å². The predicted octanol–water partition coefficient (Wildman–Crippen LogP) is 4.49. The highest BCUT2D eigenvalue weighted by Gasteiger charge is 2.32. The molecule has 1 aliphatic rings. The van der Waals surface area contributed by atoms with Crippen LogP contribution in [-0.2, 0) is 5.41 Å². The van der Waals surface area contributed by atoms with E-state index in [0.717, 1.165) is 5.69 Å². The van der Waals surface area contributed by atoms with E-state index in [2.05, 4.69) is 56.6 Å². The molecule has 1 aromatic heterocycles. The average molecular weight is 235 g/mol. The van der Waals surface area contributed by atoms with E-state index in [1.54, 1.807) is 0 Å². The maximum absolute atomic E-state index is 4.58. The van der Waals surface area contributed by atoms with Crippen LogP contribution in [0.1, 0.15) is 32.0 Å². The molecule has 90 valence electrons. The van der Waals surface area contributed by atoms with Crippen molar-refractivity contribution in [3.8, 4) is 0 Å². The van der Waals surface area contributed by atoms with E-state index in [-0.39, 0.29) is 5.41 Å². The normalized spacial score (nSPS) is 17.1. The summed E-state index contributed by atoms with van der Waals surface area (Å²) in [6.07, 6.45) is 3.82. The van der Waals surface area contributed by atoms with Crippen LogP contribution >= 0.6 is 0 Å². The lowest BCUT2D eigenvalue weighted by atomic mass is 9.70. The second-order valence-corrected chi connectivity index (χ2v) is 5.43. The summed E-state index contributed by atoms with van der Waals surface area (Å²) in [5.74, 6) is 0. The van der Waals surface area contributed by atoms with Gasteiger partial charge >= 0.3 is 0 Å². The van der Waals surface area contributed by atoms with Crippen molar-refractivity contribution in [3.63, 3.8) is 0 Å². The van der Waals surface area contributed by atoms with E-state index in [1.165, 1.54) is 27.5 Å². The number of allylic oxidation sites excluding steroid dienone is 3. The Balaban J connectivity index is 2.56. The molecule has 1 heterocycles. The highest BCUT2D eigenvalue weighted by atomic mass is 14.7. The van der Waals surface area contributed by atoms with Gasteiger partial charge in [0.05, 0.1) is 5.69 Å². The van der Waals surface area contributed by atoms with Gasteiger partial charge < -0.3 is 0 Å². The molecule has 0 aliphatic heterocycles. The summed E-state index contributed by atoms with van der Waals surface area (Å²) in [6.45, 7) is 10.7. The zero-order valence-corrected chi connectivity index (χ0v) is 11.1. The second-order valence-electron chi connectivity index (χ2n) is 5.43. The molecule has 0 radical (unpaired) electrons. The van der Waals surface area contributed by atoms with Gasteiger partial charge in [0, 0.05) is 17.0 Å². The maximum atomic E-state index is 4.58. The van der Waals surface area contributed by atoms with Gasteiger partial charge in [0.15, 0.2) is 0 Å². The molecule has 0 saturated heterocycles. The smallest absolute Gasteiger partial charge is 0.0782 e. The molecule has 1 aromatic carbocycles. The summed E-state index contributed by atoms with van der Waals surface area (Å²) in [7, 11) is 0. The van der Waals surface area contributed by atoms with Crippen LogP contribution in [0.5, 0.6) is 0 Å². The summed E-state index contributed by atoms with van der Waals surface area (Å²) < 4.78 is 0. The van der Waals surface area contributed by atoms with Crippen molar-refractivity contribution in [1.82, 2.24) is 4.98 Å². The third kappa shape index (κ3) is 1.25. The summed E-state index contributed by atoms with van der Waals surface area (Å²) in [5, 5.41) is 2.54. The minimum Gasteiger partial charge on any atom is -0.256 e. The van der Waals surface area contributed by atoms with Crippen LogP contribution in [0.15, 0.2) is 48.7 Å². The van der Waals surface area contributed by atoms with Gasteiger partial charge in [-0.05, 0) is 29.5 Å². The minimum absolute atomic E-state index is 0.0407. The summed E-state index contributed by atoms with van der Waals surface area (Å²) >= 11 is 0. The Morgan fingerprint density at radius 2 is 2.00 bits per heavy atom. The first-order valence-corrected chi connectivity index (χ1v) is 6.29. The van der Waals surface area contributed by atoms with Gasteiger partial charge in [-0.15, -0.1) is 0 Å². The van der Waals surface area contributed by atoms with Crippen molar-refractivity contribution in [3.05, 3.63) is 59.9 Å². The molecular formula is C17H17N. The van der Waals surface area contributed by atoms with Crippen molar-refractivity contribution in [1.29, 1.82) is 0 Å². The molecule has 0 unspecified atom stereocenters. The number of hydrogen-bond acceptors (Lipinski definition) is 1. The first-order valence-electron chi connectivity index (χ1n) is 6.29. The molecule has 2 aromatic rings. The van der Waals surface area contributed by atoms with E-state index in [0.29, 0.717) is 0 Å². The standard InChI is InChI=1S/C17H17N/c1-5-13-11(2)17(3,4)14-8-6-7-12-9-10-18-16(13)15(12)14/h5-10H,1H2,2-4H3. The Kier molecular flexibility index (Phi) is 2.21. The number of benzene rings is 1. The molecular weight excluding hydrogens is 218 g/mol. The largest absolute Gasteiger partial charge is 0.256 e. The number of aromatic nitrogens is 1. The topological polar surface area (TPSA) is 12.9 Å². The summed E-state index contributed by atoms with van der Waals surface area (Å²) in [5.41, 5.74) is 5.01. The van der Waals surface area contributed by atoms with Crippen LogP contribution in [0.3, 0.4) is 0 Å². The lowest BCUT2D eigenvalue weighted by Crippen LogP contribution is -2.24. The molecule has 3 rings (SSSR count). The molecule has 0 fully saturated rings. The third-order valence-corrected chi connectivity index (χ3v) is 4.27. The molecule has 0 bridgehead atoms. The molecule has 0 atom stereocenters. The number of nitrogens with zero attached hydrogens (tertiary/aromatic N) is 1. The summed E-state index contributed by atoms with van der Waals surface area (Å²) in [6, 6.07) is 8.59. The van der Waals surface area contributed by atoms with Crippen molar-refractivity contribution < 1.29 is 0 Å². The Bertz CT molecular complexity index is 685. The molecule has 0 N–H and O–H groups in total. The molecule has 1 nitrogen and oxygen atoms in total. The van der Waals surface area contributed by atoms with Crippen LogP contribution in [0.2, 0.25) is 0 Å². The van der Waals surface area contributed by atoms with Gasteiger partial charge in [0.1, 0.15) is 0 Å². The lowest BCUT2D eigenvalue weighted by Gasteiger charge is -2.34.